The molecule has 1 N–H and O–H groups in total. The molecule has 1 aromatic carbocycles. The molecule has 0 aliphatic carbocycles. The van der Waals surface area contributed by atoms with Crippen LogP contribution in [0, 0.1) is 6.92 Å². The Hall–Kier alpha value is -1.77. The third kappa shape index (κ3) is 1.58. The molecule has 16 heavy (non-hydrogen) atoms. The maximum atomic E-state index is 4.60. The van der Waals surface area contributed by atoms with E-state index in [1.54, 1.807) is 0 Å². The predicted molar refractivity (Wildman–Crippen MR) is 65.5 cm³/mol. The third-order valence-corrected chi connectivity index (χ3v) is 2.98. The summed E-state index contributed by atoms with van der Waals surface area (Å²) in [6.45, 7) is 4.18. The second kappa shape index (κ2) is 3.67. The summed E-state index contributed by atoms with van der Waals surface area (Å²) in [6.07, 6.45) is 1.15. The molecule has 0 saturated carbocycles. The molecule has 0 atom stereocenters. The topological polar surface area (TPSA) is 29.9 Å². The third-order valence-electron chi connectivity index (χ3n) is 2.98. The summed E-state index contributed by atoms with van der Waals surface area (Å²) in [5, 5.41) is 7.97. The highest BCUT2D eigenvalue weighted by molar-refractivity contribution is 5.63. The number of benzene rings is 1. The number of hydrogen-bond donors (Lipinski definition) is 1. The van der Waals surface area contributed by atoms with Gasteiger partial charge in [-0.05, 0) is 13.3 Å². The van der Waals surface area contributed by atoms with Crippen LogP contribution in [0.4, 0.5) is 5.82 Å². The van der Waals surface area contributed by atoms with Gasteiger partial charge in [0.05, 0.1) is 5.69 Å². The Bertz CT molecular complexity index is 473. The predicted octanol–water partition coefficient (Wildman–Crippen LogP) is 2.67. The van der Waals surface area contributed by atoms with Crippen LogP contribution < -0.4 is 5.32 Å². The zero-order chi connectivity index (χ0) is 11.0. The molecule has 3 nitrogen and oxygen atoms in total. The first-order valence-electron chi connectivity index (χ1n) is 5.72. The normalized spacial score (nSPS) is 14.3. The zero-order valence-electron chi connectivity index (χ0n) is 9.40. The van der Waals surface area contributed by atoms with Gasteiger partial charge in [-0.25, -0.2) is 4.68 Å². The van der Waals surface area contributed by atoms with Crippen molar-refractivity contribution in [1.29, 1.82) is 0 Å². The standard InChI is InChI=1S/C13H15N3/c1-10-3-5-11(6-4-10)12-9-13-14-7-2-8-16(13)15-12/h3-6,9,14H,2,7-8H2,1H3. The van der Waals surface area contributed by atoms with Crippen molar-refractivity contribution >= 4 is 5.82 Å². The summed E-state index contributed by atoms with van der Waals surface area (Å²) in [5.74, 6) is 1.14. The molecular weight excluding hydrogens is 198 g/mol. The van der Waals surface area contributed by atoms with Gasteiger partial charge >= 0.3 is 0 Å². The highest BCUT2D eigenvalue weighted by Crippen LogP contribution is 2.24. The maximum Gasteiger partial charge on any atom is 0.124 e. The van der Waals surface area contributed by atoms with Crippen molar-refractivity contribution in [3.8, 4) is 11.3 Å². The van der Waals surface area contributed by atoms with Crippen LogP contribution in [0.3, 0.4) is 0 Å². The van der Waals surface area contributed by atoms with Gasteiger partial charge in [-0.3, -0.25) is 0 Å². The first-order chi connectivity index (χ1) is 7.83. The summed E-state index contributed by atoms with van der Waals surface area (Å²) in [5.41, 5.74) is 3.53. The summed E-state index contributed by atoms with van der Waals surface area (Å²) in [6, 6.07) is 10.6. The average molecular weight is 213 g/mol. The van der Waals surface area contributed by atoms with Crippen molar-refractivity contribution in [2.75, 3.05) is 11.9 Å². The SMILES string of the molecule is Cc1ccc(-c2cc3n(n2)CCCN3)cc1. The molecule has 0 saturated heterocycles. The van der Waals surface area contributed by atoms with E-state index in [-0.39, 0.29) is 0 Å². The minimum Gasteiger partial charge on any atom is -0.370 e. The van der Waals surface area contributed by atoms with Crippen molar-refractivity contribution in [2.45, 2.75) is 19.9 Å². The van der Waals surface area contributed by atoms with E-state index in [0.717, 1.165) is 31.0 Å². The number of aromatic nitrogens is 2. The van der Waals surface area contributed by atoms with E-state index < -0.39 is 0 Å². The lowest BCUT2D eigenvalue weighted by atomic mass is 10.1. The van der Waals surface area contributed by atoms with Crippen LogP contribution in [0.5, 0.6) is 0 Å². The molecule has 0 fully saturated rings. The molecule has 3 rings (SSSR count). The van der Waals surface area contributed by atoms with Crippen molar-refractivity contribution in [1.82, 2.24) is 9.78 Å². The van der Waals surface area contributed by atoms with Crippen molar-refractivity contribution in [3.63, 3.8) is 0 Å². The van der Waals surface area contributed by atoms with Gasteiger partial charge in [0, 0.05) is 24.7 Å². The van der Waals surface area contributed by atoms with Crippen LogP contribution in [0.25, 0.3) is 11.3 Å². The lowest BCUT2D eigenvalue weighted by molar-refractivity contribution is 0.569. The number of nitrogens with zero attached hydrogens (tertiary/aromatic N) is 2. The summed E-state index contributed by atoms with van der Waals surface area (Å²) in [7, 11) is 0. The Morgan fingerprint density at radius 1 is 1.25 bits per heavy atom. The number of aryl methyl sites for hydroxylation is 2. The number of rotatable bonds is 1. The number of anilines is 1. The smallest absolute Gasteiger partial charge is 0.124 e. The minimum atomic E-state index is 1.02. The highest BCUT2D eigenvalue weighted by atomic mass is 15.3. The number of nitrogens with one attached hydrogen (secondary N) is 1. The van der Waals surface area contributed by atoms with Gasteiger partial charge in [0.15, 0.2) is 0 Å². The Morgan fingerprint density at radius 3 is 2.81 bits per heavy atom. The van der Waals surface area contributed by atoms with Crippen LogP contribution >= 0.6 is 0 Å². The largest absolute Gasteiger partial charge is 0.370 e. The molecule has 1 aliphatic rings. The molecule has 1 aliphatic heterocycles. The van der Waals surface area contributed by atoms with Gasteiger partial charge in [0.2, 0.25) is 0 Å². The molecule has 0 amide bonds. The van der Waals surface area contributed by atoms with Gasteiger partial charge in [0.25, 0.3) is 0 Å². The van der Waals surface area contributed by atoms with Crippen LogP contribution in [-0.4, -0.2) is 16.3 Å². The van der Waals surface area contributed by atoms with Gasteiger partial charge in [-0.1, -0.05) is 29.8 Å². The molecule has 2 heterocycles. The highest BCUT2D eigenvalue weighted by Gasteiger charge is 2.12. The van der Waals surface area contributed by atoms with E-state index in [1.165, 1.54) is 11.1 Å². The van der Waals surface area contributed by atoms with Crippen molar-refractivity contribution < 1.29 is 0 Å². The van der Waals surface area contributed by atoms with E-state index in [4.69, 9.17) is 0 Å². The second-order valence-corrected chi connectivity index (χ2v) is 4.28. The fourth-order valence-corrected chi connectivity index (χ4v) is 2.04. The van der Waals surface area contributed by atoms with Crippen molar-refractivity contribution in [3.05, 3.63) is 35.9 Å². The van der Waals surface area contributed by atoms with E-state index in [1.807, 2.05) is 0 Å². The first kappa shape index (κ1) is 9.46. The fourth-order valence-electron chi connectivity index (χ4n) is 2.04. The first-order valence-corrected chi connectivity index (χ1v) is 5.72. The molecule has 0 spiro atoms. The number of fused-ring (bicyclic) bond motifs is 1. The molecule has 82 valence electrons. The van der Waals surface area contributed by atoms with E-state index in [9.17, 15) is 0 Å². The maximum absolute atomic E-state index is 4.60. The Morgan fingerprint density at radius 2 is 2.06 bits per heavy atom. The Balaban J connectivity index is 2.00. The molecule has 0 bridgehead atoms. The van der Waals surface area contributed by atoms with E-state index in [0.29, 0.717) is 0 Å². The quantitative estimate of drug-likeness (QED) is 0.789. The van der Waals surface area contributed by atoms with Crippen LogP contribution in [0.1, 0.15) is 12.0 Å². The van der Waals surface area contributed by atoms with Gasteiger partial charge < -0.3 is 5.32 Å². The minimum absolute atomic E-state index is 1.02. The van der Waals surface area contributed by atoms with E-state index >= 15 is 0 Å². The summed E-state index contributed by atoms with van der Waals surface area (Å²) in [4.78, 5) is 0. The number of hydrogen-bond acceptors (Lipinski definition) is 2. The molecule has 0 unspecified atom stereocenters. The summed E-state index contributed by atoms with van der Waals surface area (Å²) >= 11 is 0. The Kier molecular flexibility index (Phi) is 2.17. The zero-order valence-corrected chi connectivity index (χ0v) is 9.40. The molecular formula is C13H15N3. The lowest BCUT2D eigenvalue weighted by Crippen LogP contribution is -2.17. The van der Waals surface area contributed by atoms with Crippen molar-refractivity contribution in [2.24, 2.45) is 0 Å². The summed E-state index contributed by atoms with van der Waals surface area (Å²) < 4.78 is 2.05. The molecule has 1 aromatic heterocycles. The molecule has 2 aromatic rings. The fraction of sp³-hybridized carbons (Fsp3) is 0.308. The Labute approximate surface area is 95.1 Å². The van der Waals surface area contributed by atoms with Crippen LogP contribution in [0.15, 0.2) is 30.3 Å². The second-order valence-electron chi connectivity index (χ2n) is 4.28. The van der Waals surface area contributed by atoms with Crippen LogP contribution in [-0.2, 0) is 6.54 Å². The van der Waals surface area contributed by atoms with Gasteiger partial charge in [-0.2, -0.15) is 5.10 Å². The van der Waals surface area contributed by atoms with E-state index in [2.05, 4.69) is 52.4 Å². The molecule has 0 radical (unpaired) electrons. The van der Waals surface area contributed by atoms with Gasteiger partial charge in [-0.15, -0.1) is 0 Å². The van der Waals surface area contributed by atoms with Gasteiger partial charge in [0.1, 0.15) is 5.82 Å². The lowest BCUT2D eigenvalue weighted by Gasteiger charge is -2.14. The monoisotopic (exact) mass is 213 g/mol. The van der Waals surface area contributed by atoms with Crippen LogP contribution in [0.2, 0.25) is 0 Å². The molecule has 3 heteroatoms. The average Bonchev–Trinajstić information content (AvgIpc) is 2.73.